The zero-order valence-corrected chi connectivity index (χ0v) is 12.2. The monoisotopic (exact) mass is 270 g/mol. The summed E-state index contributed by atoms with van der Waals surface area (Å²) >= 11 is 0. The van der Waals surface area contributed by atoms with E-state index in [0.717, 1.165) is 32.4 Å². The first kappa shape index (κ1) is 16.0. The first-order valence-corrected chi connectivity index (χ1v) is 7.16. The van der Waals surface area contributed by atoms with Gasteiger partial charge in [-0.25, -0.2) is 4.79 Å². The summed E-state index contributed by atoms with van der Waals surface area (Å²) in [5.41, 5.74) is 0. The van der Waals surface area contributed by atoms with Gasteiger partial charge in [0.2, 0.25) is 5.91 Å². The highest BCUT2D eigenvalue weighted by atomic mass is 16.5. The fraction of sp³-hybridized carbons (Fsp3) is 0.857. The van der Waals surface area contributed by atoms with Crippen LogP contribution in [-0.2, 0) is 14.3 Å². The van der Waals surface area contributed by atoms with Gasteiger partial charge in [0.05, 0.1) is 7.11 Å². The predicted molar refractivity (Wildman–Crippen MR) is 73.6 cm³/mol. The average Bonchev–Trinajstić information content (AvgIpc) is 2.94. The number of nitrogens with one attached hydrogen (secondary N) is 2. The lowest BCUT2D eigenvalue weighted by atomic mass is 9.98. The maximum Gasteiger partial charge on any atom is 0.328 e. The van der Waals surface area contributed by atoms with Gasteiger partial charge in [-0.2, -0.15) is 0 Å². The molecule has 1 amide bonds. The van der Waals surface area contributed by atoms with Crippen LogP contribution < -0.4 is 10.6 Å². The quantitative estimate of drug-likeness (QED) is 0.679. The van der Waals surface area contributed by atoms with Crippen molar-refractivity contribution in [3.63, 3.8) is 0 Å². The summed E-state index contributed by atoms with van der Waals surface area (Å²) in [5.74, 6) is 0.267. The van der Waals surface area contributed by atoms with Gasteiger partial charge in [0.1, 0.15) is 6.04 Å². The van der Waals surface area contributed by atoms with Gasteiger partial charge in [0, 0.05) is 6.42 Å². The van der Waals surface area contributed by atoms with Crippen LogP contribution in [0.3, 0.4) is 0 Å². The summed E-state index contributed by atoms with van der Waals surface area (Å²) < 4.78 is 4.75. The van der Waals surface area contributed by atoms with Gasteiger partial charge >= 0.3 is 5.97 Å². The number of carbonyl (C=O) groups excluding carboxylic acids is 2. The van der Waals surface area contributed by atoms with E-state index in [1.165, 1.54) is 7.11 Å². The number of rotatable bonds is 7. The summed E-state index contributed by atoms with van der Waals surface area (Å²) in [7, 11) is 1.36. The fourth-order valence-corrected chi connectivity index (χ4v) is 2.34. The van der Waals surface area contributed by atoms with Crippen LogP contribution in [0.4, 0.5) is 0 Å². The molecule has 0 aromatic heterocycles. The Bertz CT molecular complexity index is 301. The Hall–Kier alpha value is -1.10. The molecule has 0 bridgehead atoms. The molecule has 0 spiro atoms. The lowest BCUT2D eigenvalue weighted by molar-refractivity contribution is -0.146. The highest BCUT2D eigenvalue weighted by Crippen LogP contribution is 2.15. The molecule has 0 aromatic carbocycles. The first-order chi connectivity index (χ1) is 9.08. The van der Waals surface area contributed by atoms with Gasteiger partial charge < -0.3 is 15.4 Å². The van der Waals surface area contributed by atoms with Crippen LogP contribution in [0.2, 0.25) is 0 Å². The Labute approximate surface area is 115 Å². The summed E-state index contributed by atoms with van der Waals surface area (Å²) in [6.07, 6.45) is 3.33. The molecule has 1 saturated heterocycles. The lowest BCUT2D eigenvalue weighted by Crippen LogP contribution is -2.45. The van der Waals surface area contributed by atoms with E-state index in [0.29, 0.717) is 12.3 Å². The Morgan fingerprint density at radius 2 is 2.21 bits per heavy atom. The molecule has 0 saturated carbocycles. The van der Waals surface area contributed by atoms with Gasteiger partial charge in [-0.1, -0.05) is 20.3 Å². The molecule has 0 aromatic rings. The van der Waals surface area contributed by atoms with Crippen LogP contribution in [-0.4, -0.2) is 38.1 Å². The maximum absolute atomic E-state index is 11.9. The molecule has 5 nitrogen and oxygen atoms in total. The molecular weight excluding hydrogens is 244 g/mol. The molecular formula is C14H26N2O3. The van der Waals surface area contributed by atoms with E-state index in [4.69, 9.17) is 4.74 Å². The van der Waals surface area contributed by atoms with E-state index < -0.39 is 6.04 Å². The second kappa shape index (κ2) is 8.15. The maximum atomic E-state index is 11.9. The molecule has 1 aliphatic rings. The van der Waals surface area contributed by atoms with Gasteiger partial charge in [-0.05, 0) is 37.8 Å². The van der Waals surface area contributed by atoms with Crippen molar-refractivity contribution in [1.82, 2.24) is 10.6 Å². The van der Waals surface area contributed by atoms with Crippen LogP contribution in [0, 0.1) is 11.8 Å². The normalized spacial score (nSPS) is 21.7. The van der Waals surface area contributed by atoms with Crippen molar-refractivity contribution in [2.45, 2.75) is 45.6 Å². The molecule has 1 rings (SSSR count). The van der Waals surface area contributed by atoms with Crippen LogP contribution in [0.1, 0.15) is 39.5 Å². The molecule has 110 valence electrons. The van der Waals surface area contributed by atoms with Crippen LogP contribution in [0.15, 0.2) is 0 Å². The van der Waals surface area contributed by atoms with Crippen LogP contribution in [0.5, 0.6) is 0 Å². The van der Waals surface area contributed by atoms with Crippen molar-refractivity contribution >= 4 is 11.9 Å². The number of hydrogen-bond acceptors (Lipinski definition) is 4. The first-order valence-electron chi connectivity index (χ1n) is 7.16. The Morgan fingerprint density at radius 1 is 1.47 bits per heavy atom. The molecule has 1 heterocycles. The van der Waals surface area contributed by atoms with Crippen molar-refractivity contribution in [1.29, 1.82) is 0 Å². The third kappa shape index (κ3) is 5.19. The van der Waals surface area contributed by atoms with Gasteiger partial charge in [0.15, 0.2) is 0 Å². The smallest absolute Gasteiger partial charge is 0.328 e. The molecule has 19 heavy (non-hydrogen) atoms. The number of carbonyl (C=O) groups is 2. The summed E-state index contributed by atoms with van der Waals surface area (Å²) in [6.45, 7) is 5.99. The molecule has 1 fully saturated rings. The predicted octanol–water partition coefficient (Wildman–Crippen LogP) is 1.08. The van der Waals surface area contributed by atoms with E-state index in [-0.39, 0.29) is 17.8 Å². The van der Waals surface area contributed by atoms with Crippen molar-refractivity contribution in [3.8, 4) is 0 Å². The summed E-state index contributed by atoms with van der Waals surface area (Å²) in [4.78, 5) is 23.6. The second-order valence-electron chi connectivity index (χ2n) is 5.35. The van der Waals surface area contributed by atoms with E-state index in [1.54, 1.807) is 0 Å². The summed E-state index contributed by atoms with van der Waals surface area (Å²) in [6, 6.07) is -0.524. The zero-order chi connectivity index (χ0) is 14.3. The van der Waals surface area contributed by atoms with Gasteiger partial charge in [0.25, 0.3) is 0 Å². The van der Waals surface area contributed by atoms with E-state index in [2.05, 4.69) is 10.6 Å². The average molecular weight is 270 g/mol. The topological polar surface area (TPSA) is 67.4 Å². The summed E-state index contributed by atoms with van der Waals surface area (Å²) in [5, 5.41) is 6.09. The van der Waals surface area contributed by atoms with Crippen molar-refractivity contribution in [3.05, 3.63) is 0 Å². The number of amides is 1. The Morgan fingerprint density at radius 3 is 2.74 bits per heavy atom. The minimum Gasteiger partial charge on any atom is -0.467 e. The SMILES string of the molecule is CC[C@H](C)[C@H](NC(=O)CCC1CCNC1)C(=O)OC. The number of esters is 1. The highest BCUT2D eigenvalue weighted by Gasteiger charge is 2.26. The van der Waals surface area contributed by atoms with Gasteiger partial charge in [-0.3, -0.25) is 4.79 Å². The van der Waals surface area contributed by atoms with Crippen LogP contribution >= 0.6 is 0 Å². The number of hydrogen-bond donors (Lipinski definition) is 2. The van der Waals surface area contributed by atoms with Crippen molar-refractivity contribution in [2.24, 2.45) is 11.8 Å². The molecule has 1 aliphatic heterocycles. The van der Waals surface area contributed by atoms with Crippen molar-refractivity contribution in [2.75, 3.05) is 20.2 Å². The standard InChI is InChI=1S/C14H26N2O3/c1-4-10(2)13(14(18)19-3)16-12(17)6-5-11-7-8-15-9-11/h10-11,13,15H,4-9H2,1-3H3,(H,16,17)/t10-,11?,13-/m0/s1. The Kier molecular flexibility index (Phi) is 6.84. The second-order valence-corrected chi connectivity index (χ2v) is 5.35. The third-order valence-electron chi connectivity index (χ3n) is 3.93. The Balaban J connectivity index is 2.39. The third-order valence-corrected chi connectivity index (χ3v) is 3.93. The van der Waals surface area contributed by atoms with Crippen LogP contribution in [0.25, 0.3) is 0 Å². The molecule has 5 heteroatoms. The van der Waals surface area contributed by atoms with E-state index in [1.807, 2.05) is 13.8 Å². The molecule has 0 aliphatic carbocycles. The van der Waals surface area contributed by atoms with E-state index in [9.17, 15) is 9.59 Å². The molecule has 0 radical (unpaired) electrons. The molecule has 2 N–H and O–H groups in total. The largest absolute Gasteiger partial charge is 0.467 e. The molecule has 3 atom stereocenters. The van der Waals surface area contributed by atoms with Crippen molar-refractivity contribution < 1.29 is 14.3 Å². The number of ether oxygens (including phenoxy) is 1. The van der Waals surface area contributed by atoms with Gasteiger partial charge in [-0.15, -0.1) is 0 Å². The number of methoxy groups -OCH3 is 1. The minimum atomic E-state index is -0.524. The van der Waals surface area contributed by atoms with E-state index >= 15 is 0 Å². The lowest BCUT2D eigenvalue weighted by Gasteiger charge is -2.22. The fourth-order valence-electron chi connectivity index (χ4n) is 2.34. The minimum absolute atomic E-state index is 0.0531. The molecule has 1 unspecified atom stereocenters. The zero-order valence-electron chi connectivity index (χ0n) is 12.2. The highest BCUT2D eigenvalue weighted by molar-refractivity contribution is 5.84.